The molecule has 1 aromatic heterocycles. The molecule has 5 rings (SSSR count). The second kappa shape index (κ2) is 9.97. The number of hydrogen-bond donors (Lipinski definition) is 0. The summed E-state index contributed by atoms with van der Waals surface area (Å²) < 4.78 is 42.5. The van der Waals surface area contributed by atoms with Crippen molar-refractivity contribution in [3.63, 3.8) is 0 Å². The highest BCUT2D eigenvalue weighted by Gasteiger charge is 2.44. The maximum atomic E-state index is 13.6. The third kappa shape index (κ3) is 5.59. The maximum absolute atomic E-state index is 13.6. The van der Waals surface area contributed by atoms with E-state index in [4.69, 9.17) is 0 Å². The number of aryl methyl sites for hydroxylation is 1. The zero-order chi connectivity index (χ0) is 27.1. The van der Waals surface area contributed by atoms with E-state index in [1.54, 1.807) is 24.0 Å². The van der Waals surface area contributed by atoms with E-state index < -0.39 is 17.2 Å². The summed E-state index contributed by atoms with van der Waals surface area (Å²) in [5.74, 6) is -0.282. The van der Waals surface area contributed by atoms with E-state index in [1.165, 1.54) is 24.8 Å². The van der Waals surface area contributed by atoms with E-state index in [0.717, 1.165) is 21.7 Å². The summed E-state index contributed by atoms with van der Waals surface area (Å²) in [4.78, 5) is 27.2. The predicted octanol–water partition coefficient (Wildman–Crippen LogP) is 7.43. The molecule has 4 aliphatic rings. The summed E-state index contributed by atoms with van der Waals surface area (Å²) >= 11 is 1.31. The summed E-state index contributed by atoms with van der Waals surface area (Å²) in [6.45, 7) is 9.16. The van der Waals surface area contributed by atoms with Crippen molar-refractivity contribution in [3.8, 4) is 0 Å². The number of carbonyl (C=O) groups excluding carboxylic acids is 2. The van der Waals surface area contributed by atoms with Gasteiger partial charge in [0, 0.05) is 29.5 Å². The number of Topliss-reactive ketones (excluding diaryl/α,β-unsaturated/α-hetero) is 2. The first kappa shape index (κ1) is 26.9. The van der Waals surface area contributed by atoms with Gasteiger partial charge in [-0.2, -0.15) is 18.3 Å². The Kier molecular flexibility index (Phi) is 7.25. The van der Waals surface area contributed by atoms with E-state index in [9.17, 15) is 22.8 Å². The van der Waals surface area contributed by atoms with Crippen LogP contribution in [-0.2, 0) is 11.8 Å². The van der Waals surface area contributed by atoms with Gasteiger partial charge in [-0.05, 0) is 62.3 Å². The van der Waals surface area contributed by atoms with E-state index in [2.05, 4.69) is 11.7 Å². The normalized spacial score (nSPS) is 21.6. The molecule has 3 aliphatic carbocycles. The van der Waals surface area contributed by atoms with Crippen LogP contribution in [-0.4, -0.2) is 27.5 Å². The van der Waals surface area contributed by atoms with Gasteiger partial charge in [0.1, 0.15) is 0 Å². The Morgan fingerprint density at radius 2 is 1.89 bits per heavy atom. The van der Waals surface area contributed by atoms with Gasteiger partial charge in [-0.15, -0.1) is 0 Å². The number of allylic oxidation sites excluding steroid dienone is 12. The fourth-order valence-electron chi connectivity index (χ4n) is 4.87. The molecular weight excluding hydrogens is 497 g/mol. The number of alkyl halides is 3. The first-order valence-corrected chi connectivity index (χ1v) is 12.8. The molecule has 0 N–H and O–H groups in total. The number of hydrogen-bond acceptors (Lipinski definition) is 4. The smallest absolute Gasteiger partial charge is 0.294 e. The molecule has 0 amide bonds. The van der Waals surface area contributed by atoms with Gasteiger partial charge in [0.15, 0.2) is 11.6 Å². The van der Waals surface area contributed by atoms with Crippen molar-refractivity contribution < 1.29 is 22.8 Å². The van der Waals surface area contributed by atoms with Crippen LogP contribution in [0.5, 0.6) is 0 Å². The Morgan fingerprint density at radius 3 is 2.51 bits per heavy atom. The highest BCUT2D eigenvalue weighted by Crippen LogP contribution is 2.52. The topological polar surface area (TPSA) is 52.0 Å². The second-order valence-corrected chi connectivity index (χ2v) is 11.0. The lowest BCUT2D eigenvalue weighted by atomic mass is 9.67. The number of nitrogens with zero attached hydrogens (tertiary/aromatic N) is 2. The minimum atomic E-state index is -4.45. The van der Waals surface area contributed by atoms with E-state index in [0.29, 0.717) is 23.3 Å². The summed E-state index contributed by atoms with van der Waals surface area (Å²) in [6.07, 6.45) is 8.78. The summed E-state index contributed by atoms with van der Waals surface area (Å²) in [6, 6.07) is 0. The van der Waals surface area contributed by atoms with E-state index in [1.807, 2.05) is 38.2 Å². The average Bonchev–Trinajstić information content (AvgIpc) is 2.99. The van der Waals surface area contributed by atoms with E-state index >= 15 is 0 Å². The Bertz CT molecular complexity index is 1380. The number of rotatable bonds is 8. The number of ketones is 2. The fourth-order valence-corrected chi connectivity index (χ4v) is 5.95. The molecule has 2 bridgehead atoms. The van der Waals surface area contributed by atoms with Crippen LogP contribution in [0, 0.1) is 12.3 Å². The van der Waals surface area contributed by atoms with Gasteiger partial charge in [0.2, 0.25) is 0 Å². The van der Waals surface area contributed by atoms with Gasteiger partial charge in [-0.1, -0.05) is 54.8 Å². The van der Waals surface area contributed by atoms with Crippen LogP contribution in [0.2, 0.25) is 0 Å². The Labute approximate surface area is 219 Å². The molecule has 1 unspecified atom stereocenters. The van der Waals surface area contributed by atoms with Crippen LogP contribution in [0.25, 0.3) is 0 Å². The lowest BCUT2D eigenvalue weighted by molar-refractivity contribution is -0.111. The molecule has 0 saturated heterocycles. The van der Waals surface area contributed by atoms with Crippen molar-refractivity contribution in [1.29, 1.82) is 0 Å². The average molecular weight is 527 g/mol. The Hall–Kier alpha value is -3.13. The predicted molar refractivity (Wildman–Crippen MR) is 141 cm³/mol. The van der Waals surface area contributed by atoms with Crippen LogP contribution in [0.15, 0.2) is 86.9 Å². The summed E-state index contributed by atoms with van der Waals surface area (Å²) in [5.41, 5.74) is 2.11. The molecule has 0 saturated carbocycles. The standard InChI is InChI=1S/C29H29F3N2O2S/c1-17(9-10-24(35)22-16-33-34(5)20(22)4)25-7-6-8-26(37-25)27(36)19(3)12-28-13-21(14-28)11-18(2)23(15-28)29(30,31)32/h7-9,11,13,15-16H,3,6,10,12,14H2,1-2,4-5H3/b17-9+. The van der Waals surface area contributed by atoms with Gasteiger partial charge in [-0.25, -0.2) is 0 Å². The lowest BCUT2D eigenvalue weighted by Crippen LogP contribution is -2.27. The van der Waals surface area contributed by atoms with Crippen molar-refractivity contribution in [3.05, 3.63) is 98.2 Å². The molecule has 4 nitrogen and oxygen atoms in total. The van der Waals surface area contributed by atoms with Crippen LogP contribution in [0.3, 0.4) is 0 Å². The number of thioether (sulfide) groups is 1. The monoisotopic (exact) mass is 526 g/mol. The molecule has 0 spiro atoms. The van der Waals surface area contributed by atoms with Crippen LogP contribution in [0.1, 0.15) is 55.6 Å². The number of aromatic nitrogens is 2. The number of halogens is 3. The largest absolute Gasteiger partial charge is 0.416 e. The molecule has 0 radical (unpaired) electrons. The second-order valence-electron chi connectivity index (χ2n) is 9.88. The molecule has 2 heterocycles. The fraction of sp³-hybridized carbons (Fsp3) is 0.345. The van der Waals surface area contributed by atoms with Gasteiger partial charge >= 0.3 is 6.18 Å². The first-order valence-electron chi connectivity index (χ1n) is 12.0. The quantitative estimate of drug-likeness (QED) is 0.261. The molecule has 0 aromatic carbocycles. The number of fused-ring (bicyclic) bond motifs is 1. The van der Waals surface area contributed by atoms with Crippen molar-refractivity contribution >= 4 is 23.3 Å². The van der Waals surface area contributed by atoms with Crippen molar-refractivity contribution in [2.45, 2.75) is 52.6 Å². The number of carbonyl (C=O) groups is 2. The Morgan fingerprint density at radius 1 is 1.22 bits per heavy atom. The molecular formula is C29H29F3N2O2S. The maximum Gasteiger partial charge on any atom is 0.416 e. The highest BCUT2D eigenvalue weighted by atomic mass is 32.2. The summed E-state index contributed by atoms with van der Waals surface area (Å²) in [5, 5.41) is 4.12. The third-order valence-corrected chi connectivity index (χ3v) is 8.28. The van der Waals surface area contributed by atoms with Crippen molar-refractivity contribution in [2.75, 3.05) is 0 Å². The summed E-state index contributed by atoms with van der Waals surface area (Å²) in [7, 11) is 1.79. The molecule has 0 fully saturated rings. The molecule has 1 aromatic rings. The third-order valence-electron chi connectivity index (χ3n) is 7.00. The van der Waals surface area contributed by atoms with E-state index in [-0.39, 0.29) is 35.6 Å². The van der Waals surface area contributed by atoms with Crippen molar-refractivity contribution in [1.82, 2.24) is 9.78 Å². The van der Waals surface area contributed by atoms with Gasteiger partial charge in [0.25, 0.3) is 0 Å². The highest BCUT2D eigenvalue weighted by molar-refractivity contribution is 8.07. The van der Waals surface area contributed by atoms with Crippen molar-refractivity contribution in [2.24, 2.45) is 12.5 Å². The lowest BCUT2D eigenvalue weighted by Gasteiger charge is -2.36. The Balaban J connectivity index is 1.41. The molecule has 8 heteroatoms. The van der Waals surface area contributed by atoms with Crippen LogP contribution in [0.4, 0.5) is 13.2 Å². The minimum absolute atomic E-state index is 0.0295. The molecule has 1 atom stereocenters. The van der Waals surface area contributed by atoms with Gasteiger partial charge in [-0.3, -0.25) is 14.3 Å². The zero-order valence-electron chi connectivity index (χ0n) is 21.3. The molecule has 1 aliphatic heterocycles. The molecule has 37 heavy (non-hydrogen) atoms. The van der Waals surface area contributed by atoms with Crippen LogP contribution >= 0.6 is 11.8 Å². The zero-order valence-corrected chi connectivity index (χ0v) is 22.1. The SMILES string of the molecule is C=C(CC12C=C(C=C(C)C(C(F)(F)F)=C1)C2)C(=O)C1=CCC=C(/C(C)=C/CC(=O)c2cnn(C)c2C)S1. The van der Waals surface area contributed by atoms with Crippen LogP contribution < -0.4 is 0 Å². The first-order chi connectivity index (χ1) is 17.3. The minimum Gasteiger partial charge on any atom is -0.294 e. The van der Waals surface area contributed by atoms with Gasteiger partial charge < -0.3 is 0 Å². The van der Waals surface area contributed by atoms with Gasteiger partial charge in [0.05, 0.1) is 22.2 Å². The molecule has 194 valence electrons.